The molecule has 12 nitrogen and oxygen atoms in total. The predicted molar refractivity (Wildman–Crippen MR) is 122 cm³/mol. The number of amides is 2. The molecule has 1 aliphatic rings. The molecule has 0 aliphatic carbocycles. The number of rotatable bonds is 8. The Morgan fingerprint density at radius 2 is 1.63 bits per heavy atom. The Labute approximate surface area is 198 Å². The van der Waals surface area contributed by atoms with E-state index < -0.39 is 48.0 Å². The fourth-order valence-electron chi connectivity index (χ4n) is 3.85. The molecule has 0 fully saturated rings. The molecule has 3 aromatic rings. The minimum Gasteiger partial charge on any atom is -0.378 e. The van der Waals surface area contributed by atoms with Crippen LogP contribution in [0.15, 0.2) is 53.4 Å². The molecule has 0 spiro atoms. The molecule has 35 heavy (non-hydrogen) atoms. The summed E-state index contributed by atoms with van der Waals surface area (Å²) < 4.78 is 31.1. The summed E-state index contributed by atoms with van der Waals surface area (Å²) in [5, 5.41) is 22.7. The summed E-state index contributed by atoms with van der Waals surface area (Å²) in [4.78, 5) is 46.6. The van der Waals surface area contributed by atoms with Gasteiger partial charge in [-0.1, -0.05) is 25.5 Å². The van der Waals surface area contributed by atoms with Gasteiger partial charge in [0.15, 0.2) is 10.6 Å². The first-order valence-electron chi connectivity index (χ1n) is 10.4. The molecule has 1 heterocycles. The average Bonchev–Trinajstić information content (AvgIpc) is 2.82. The molecule has 0 bridgehead atoms. The van der Waals surface area contributed by atoms with E-state index in [9.17, 15) is 38.2 Å². The molecule has 180 valence electrons. The molecular weight excluding hydrogens is 482 g/mol. The van der Waals surface area contributed by atoms with Crippen molar-refractivity contribution in [2.24, 2.45) is 0 Å². The molecule has 2 amide bonds. The van der Waals surface area contributed by atoms with Gasteiger partial charge in [0.05, 0.1) is 15.9 Å². The fourth-order valence-corrected chi connectivity index (χ4v) is 4.94. The molecule has 13 heteroatoms. The van der Waals surface area contributed by atoms with E-state index in [-0.39, 0.29) is 34.2 Å². The fraction of sp³-hybridized carbons (Fsp3) is 0.182. The second-order valence-electron chi connectivity index (χ2n) is 7.66. The topological polar surface area (TPSA) is 167 Å². The highest BCUT2D eigenvalue weighted by Gasteiger charge is 2.35. The molecule has 0 radical (unpaired) electrons. The van der Waals surface area contributed by atoms with Crippen molar-refractivity contribution in [3.63, 3.8) is 0 Å². The third-order valence-electron chi connectivity index (χ3n) is 5.51. The molecular formula is C22H17N3O9S. The predicted octanol–water partition coefficient (Wildman–Crippen LogP) is 3.82. The summed E-state index contributed by atoms with van der Waals surface area (Å²) in [5.41, 5.74) is -1.31. The molecule has 0 aromatic heterocycles. The first-order valence-corrected chi connectivity index (χ1v) is 11.8. The quantitative estimate of drug-likeness (QED) is 0.194. The number of non-ortho nitro benzene ring substituents is 1. The van der Waals surface area contributed by atoms with Crippen molar-refractivity contribution < 1.29 is 32.0 Å². The van der Waals surface area contributed by atoms with Gasteiger partial charge in [-0.05, 0) is 30.7 Å². The zero-order chi connectivity index (χ0) is 25.5. The number of carbonyl (C=O) groups is 2. The highest BCUT2D eigenvalue weighted by atomic mass is 32.2. The number of benzene rings is 3. The number of nitrogens with zero attached hydrogens (tertiary/aromatic N) is 3. The van der Waals surface area contributed by atoms with Gasteiger partial charge >= 0.3 is 10.1 Å². The number of hydrogen-bond donors (Lipinski definition) is 0. The van der Waals surface area contributed by atoms with Gasteiger partial charge in [-0.15, -0.1) is 0 Å². The lowest BCUT2D eigenvalue weighted by Gasteiger charge is -2.27. The van der Waals surface area contributed by atoms with E-state index in [2.05, 4.69) is 0 Å². The van der Waals surface area contributed by atoms with Crippen LogP contribution in [0.3, 0.4) is 0 Å². The van der Waals surface area contributed by atoms with Gasteiger partial charge in [-0.3, -0.25) is 34.7 Å². The van der Waals surface area contributed by atoms with Gasteiger partial charge in [0, 0.05) is 34.5 Å². The Morgan fingerprint density at radius 1 is 0.943 bits per heavy atom. The number of nitro groups is 2. The van der Waals surface area contributed by atoms with E-state index in [0.717, 1.165) is 23.5 Å². The van der Waals surface area contributed by atoms with Crippen LogP contribution < -0.4 is 4.18 Å². The van der Waals surface area contributed by atoms with Gasteiger partial charge in [0.1, 0.15) is 0 Å². The van der Waals surface area contributed by atoms with Crippen LogP contribution in [-0.2, 0) is 10.1 Å². The molecule has 4 rings (SSSR count). The Kier molecular flexibility index (Phi) is 5.94. The summed E-state index contributed by atoms with van der Waals surface area (Å²) in [6.45, 7) is 2.16. The Balaban J connectivity index is 1.82. The van der Waals surface area contributed by atoms with E-state index in [1.54, 1.807) is 0 Å². The average molecular weight is 499 g/mol. The number of unbranched alkanes of at least 4 members (excludes halogenated alkanes) is 1. The zero-order valence-corrected chi connectivity index (χ0v) is 19.0. The molecule has 3 aromatic carbocycles. The van der Waals surface area contributed by atoms with Crippen molar-refractivity contribution >= 4 is 44.1 Å². The number of carbonyl (C=O) groups excluding carboxylic acids is 2. The molecule has 0 atom stereocenters. The smallest absolute Gasteiger partial charge is 0.346 e. The van der Waals surface area contributed by atoms with E-state index >= 15 is 0 Å². The highest BCUT2D eigenvalue weighted by molar-refractivity contribution is 7.87. The Bertz CT molecular complexity index is 1510. The lowest BCUT2D eigenvalue weighted by molar-refractivity contribution is -0.396. The van der Waals surface area contributed by atoms with Crippen LogP contribution in [0.25, 0.3) is 10.8 Å². The zero-order valence-electron chi connectivity index (χ0n) is 18.2. The van der Waals surface area contributed by atoms with E-state index in [1.807, 2.05) is 6.92 Å². The van der Waals surface area contributed by atoms with Crippen molar-refractivity contribution in [1.29, 1.82) is 0 Å². The maximum absolute atomic E-state index is 13.0. The number of nitro benzene ring substituents is 2. The summed E-state index contributed by atoms with van der Waals surface area (Å²) in [6.07, 6.45) is 1.39. The SMILES string of the molecule is CCCCN1C(=O)c2cccc3c(OS(=O)(=O)c4ccc([N+](=O)[O-])cc4[N+](=O)[O-])ccc(c23)C1=O. The number of hydrogen-bond acceptors (Lipinski definition) is 9. The molecule has 0 saturated carbocycles. The van der Waals surface area contributed by atoms with Gasteiger partial charge in [-0.2, -0.15) is 8.42 Å². The second-order valence-corrected chi connectivity index (χ2v) is 9.17. The largest absolute Gasteiger partial charge is 0.378 e. The summed E-state index contributed by atoms with van der Waals surface area (Å²) >= 11 is 0. The summed E-state index contributed by atoms with van der Waals surface area (Å²) in [5.74, 6) is -1.30. The maximum atomic E-state index is 13.0. The minimum atomic E-state index is -4.83. The highest BCUT2D eigenvalue weighted by Crippen LogP contribution is 2.38. The van der Waals surface area contributed by atoms with Gasteiger partial charge in [-0.25, -0.2) is 0 Å². The molecule has 0 N–H and O–H groups in total. The molecule has 0 unspecified atom stereocenters. The van der Waals surface area contributed by atoms with Crippen molar-refractivity contribution in [2.75, 3.05) is 6.54 Å². The van der Waals surface area contributed by atoms with Gasteiger partial charge in [0.2, 0.25) is 0 Å². The van der Waals surface area contributed by atoms with Crippen molar-refractivity contribution in [3.8, 4) is 5.75 Å². The van der Waals surface area contributed by atoms with Crippen molar-refractivity contribution in [3.05, 3.63) is 79.9 Å². The standard InChI is InChI=1S/C22H17N3O9S/c1-2-3-11-23-21(26)15-6-4-5-14-18(9-8-16(20(14)15)22(23)27)34-35(32,33)19-10-7-13(24(28)29)12-17(19)25(30)31/h4-10,12H,2-3,11H2,1H3. The normalized spacial score (nSPS) is 13.2. The third kappa shape index (κ3) is 4.05. The van der Waals surface area contributed by atoms with Crippen LogP contribution in [0.1, 0.15) is 40.5 Å². The van der Waals surface area contributed by atoms with Gasteiger partial charge < -0.3 is 4.18 Å². The van der Waals surface area contributed by atoms with Crippen molar-refractivity contribution in [2.45, 2.75) is 24.7 Å². The lowest BCUT2D eigenvalue weighted by atomic mass is 9.93. The van der Waals surface area contributed by atoms with Crippen LogP contribution in [-0.4, -0.2) is 41.5 Å². The van der Waals surface area contributed by atoms with Crippen LogP contribution in [0.2, 0.25) is 0 Å². The molecule has 0 saturated heterocycles. The lowest BCUT2D eigenvalue weighted by Crippen LogP contribution is -2.40. The van der Waals surface area contributed by atoms with E-state index in [1.165, 1.54) is 30.3 Å². The summed E-state index contributed by atoms with van der Waals surface area (Å²) in [6, 6.07) is 9.07. The van der Waals surface area contributed by atoms with Crippen LogP contribution in [0, 0.1) is 20.2 Å². The Morgan fingerprint density at radius 3 is 2.26 bits per heavy atom. The monoisotopic (exact) mass is 499 g/mol. The number of imide groups is 1. The summed E-state index contributed by atoms with van der Waals surface area (Å²) in [7, 11) is -4.83. The molecule has 1 aliphatic heterocycles. The van der Waals surface area contributed by atoms with Crippen LogP contribution in [0.4, 0.5) is 11.4 Å². The second kappa shape index (κ2) is 8.76. The van der Waals surface area contributed by atoms with Gasteiger partial charge in [0.25, 0.3) is 23.2 Å². The van der Waals surface area contributed by atoms with Crippen LogP contribution >= 0.6 is 0 Å². The third-order valence-corrected chi connectivity index (χ3v) is 6.79. The Hall–Kier alpha value is -4.39. The first-order chi connectivity index (χ1) is 16.6. The van der Waals surface area contributed by atoms with E-state index in [4.69, 9.17) is 4.18 Å². The van der Waals surface area contributed by atoms with Crippen molar-refractivity contribution in [1.82, 2.24) is 4.90 Å². The van der Waals surface area contributed by atoms with Crippen LogP contribution in [0.5, 0.6) is 5.75 Å². The van der Waals surface area contributed by atoms with E-state index in [0.29, 0.717) is 12.5 Å². The first kappa shape index (κ1) is 23.8. The maximum Gasteiger partial charge on any atom is 0.346 e. The minimum absolute atomic E-state index is 0.144.